The van der Waals surface area contributed by atoms with E-state index in [4.69, 9.17) is 0 Å². The quantitative estimate of drug-likeness (QED) is 0.525. The van der Waals surface area contributed by atoms with Gasteiger partial charge in [0.2, 0.25) is 0 Å². The standard InChI is InChI=1S/C16H16BrN5O2S2/c1-20-12-11(13(23)21(2)16(20)24)22(14(17)19-12)7-8-25-15-18-9-5-3-4-6-10(9)26-15/h3-6,11-12H,7-8H2,1-2H3. The van der Waals surface area contributed by atoms with E-state index >= 15 is 0 Å². The summed E-state index contributed by atoms with van der Waals surface area (Å²) in [5, 5.41) is 0. The number of carbonyl (C=O) groups excluding carboxylic acids is 2. The molecule has 1 aromatic heterocycles. The molecule has 1 aromatic carbocycles. The lowest BCUT2D eigenvalue weighted by Gasteiger charge is -2.39. The molecule has 7 nitrogen and oxygen atoms in total. The summed E-state index contributed by atoms with van der Waals surface area (Å²) in [6.07, 6.45) is -0.479. The summed E-state index contributed by atoms with van der Waals surface area (Å²) in [6.45, 7) is 0.632. The highest BCUT2D eigenvalue weighted by Crippen LogP contribution is 2.32. The molecule has 2 atom stereocenters. The molecule has 0 aliphatic carbocycles. The minimum absolute atomic E-state index is 0.221. The van der Waals surface area contributed by atoms with Crippen molar-refractivity contribution in [2.75, 3.05) is 26.4 Å². The van der Waals surface area contributed by atoms with Crippen LogP contribution < -0.4 is 0 Å². The molecule has 0 spiro atoms. The molecule has 136 valence electrons. The second-order valence-corrected chi connectivity index (χ2v) is 9.12. The number of thiazole rings is 1. The monoisotopic (exact) mass is 453 g/mol. The average Bonchev–Trinajstić information content (AvgIpc) is 3.19. The van der Waals surface area contributed by atoms with Gasteiger partial charge in [-0.15, -0.1) is 11.3 Å². The van der Waals surface area contributed by atoms with E-state index in [0.717, 1.165) is 20.5 Å². The maximum atomic E-state index is 12.6. The molecule has 2 aromatic rings. The van der Waals surface area contributed by atoms with Crippen LogP contribution in [0.2, 0.25) is 0 Å². The zero-order valence-corrected chi connectivity index (χ0v) is 17.3. The summed E-state index contributed by atoms with van der Waals surface area (Å²) in [4.78, 5) is 38.4. The number of aromatic nitrogens is 1. The third-order valence-corrected chi connectivity index (χ3v) is 7.31. The molecule has 2 aliphatic heterocycles. The predicted octanol–water partition coefficient (Wildman–Crippen LogP) is 2.67. The van der Waals surface area contributed by atoms with Crippen molar-refractivity contribution in [3.8, 4) is 0 Å². The van der Waals surface area contributed by atoms with Crippen molar-refractivity contribution in [2.24, 2.45) is 4.99 Å². The summed E-state index contributed by atoms with van der Waals surface area (Å²) in [6, 6.07) is 7.26. The van der Waals surface area contributed by atoms with E-state index < -0.39 is 12.2 Å². The number of fused-ring (bicyclic) bond motifs is 2. The number of rotatable bonds is 4. The minimum Gasteiger partial charge on any atom is -0.334 e. The van der Waals surface area contributed by atoms with Gasteiger partial charge in [0, 0.05) is 26.4 Å². The van der Waals surface area contributed by atoms with E-state index in [9.17, 15) is 9.59 Å². The molecule has 3 amide bonds. The molecule has 3 heterocycles. The smallest absolute Gasteiger partial charge is 0.328 e. The minimum atomic E-state index is -0.479. The summed E-state index contributed by atoms with van der Waals surface area (Å²) in [5.74, 6) is 0.545. The number of halogens is 1. The topological polar surface area (TPSA) is 69.1 Å². The van der Waals surface area contributed by atoms with Crippen LogP contribution in [0.1, 0.15) is 0 Å². The van der Waals surface area contributed by atoms with Crippen molar-refractivity contribution in [2.45, 2.75) is 16.5 Å². The van der Waals surface area contributed by atoms with Crippen molar-refractivity contribution in [1.82, 2.24) is 19.7 Å². The number of hydrogen-bond donors (Lipinski definition) is 0. The number of hydrogen-bond acceptors (Lipinski definition) is 7. The van der Waals surface area contributed by atoms with Crippen molar-refractivity contribution in [3.63, 3.8) is 0 Å². The second-order valence-electron chi connectivity index (χ2n) is 6.04. The van der Waals surface area contributed by atoms with E-state index in [-0.39, 0.29) is 11.9 Å². The van der Waals surface area contributed by atoms with E-state index in [1.54, 1.807) is 30.1 Å². The number of carbonyl (C=O) groups is 2. The molecule has 10 heteroatoms. The van der Waals surface area contributed by atoms with Crippen molar-refractivity contribution in [1.29, 1.82) is 0 Å². The number of benzene rings is 1. The number of amidine groups is 1. The van der Waals surface area contributed by atoms with Crippen LogP contribution in [0.3, 0.4) is 0 Å². The molecule has 0 N–H and O–H groups in total. The predicted molar refractivity (Wildman–Crippen MR) is 107 cm³/mol. The summed E-state index contributed by atoms with van der Waals surface area (Å²) in [5.41, 5.74) is 1.01. The molecule has 0 saturated carbocycles. The van der Waals surface area contributed by atoms with Crippen molar-refractivity contribution < 1.29 is 9.59 Å². The lowest BCUT2D eigenvalue weighted by molar-refractivity contribution is -0.136. The molecule has 0 bridgehead atoms. The first-order valence-corrected chi connectivity index (χ1v) is 10.6. The molecule has 26 heavy (non-hydrogen) atoms. The van der Waals surface area contributed by atoms with Crippen LogP contribution >= 0.6 is 39.0 Å². The molecular formula is C16H16BrN5O2S2. The highest BCUT2D eigenvalue weighted by atomic mass is 79.9. The third kappa shape index (κ3) is 2.89. The fraction of sp³-hybridized carbons (Fsp3) is 0.375. The van der Waals surface area contributed by atoms with Crippen LogP contribution in [-0.4, -0.2) is 75.0 Å². The Kier molecular flexibility index (Phi) is 4.66. The fourth-order valence-electron chi connectivity index (χ4n) is 3.11. The first-order valence-electron chi connectivity index (χ1n) is 8.00. The van der Waals surface area contributed by atoms with Crippen LogP contribution in [0.25, 0.3) is 10.2 Å². The normalized spacial score (nSPS) is 23.0. The largest absolute Gasteiger partial charge is 0.334 e. The summed E-state index contributed by atoms with van der Waals surface area (Å²) < 4.78 is 2.79. The van der Waals surface area contributed by atoms with E-state index in [2.05, 4.69) is 32.0 Å². The van der Waals surface area contributed by atoms with Crippen LogP contribution in [0.4, 0.5) is 4.79 Å². The third-order valence-electron chi connectivity index (χ3n) is 4.50. The number of nitrogens with zero attached hydrogens (tertiary/aromatic N) is 5. The number of likely N-dealkylation sites (N-methyl/N-ethyl adjacent to an activating group) is 2. The van der Waals surface area contributed by atoms with Gasteiger partial charge in [0.1, 0.15) is 0 Å². The molecular weight excluding hydrogens is 438 g/mol. The summed E-state index contributed by atoms with van der Waals surface area (Å²) >= 11 is 6.78. The highest BCUT2D eigenvalue weighted by Gasteiger charge is 2.50. The Bertz CT molecular complexity index is 884. The van der Waals surface area contributed by atoms with Crippen LogP contribution in [0.5, 0.6) is 0 Å². The molecule has 0 radical (unpaired) electrons. The highest BCUT2D eigenvalue weighted by molar-refractivity contribution is 9.18. The molecule has 2 unspecified atom stereocenters. The van der Waals surface area contributed by atoms with Gasteiger partial charge in [-0.2, -0.15) is 0 Å². The van der Waals surface area contributed by atoms with Gasteiger partial charge in [-0.25, -0.2) is 14.8 Å². The van der Waals surface area contributed by atoms with Crippen LogP contribution in [-0.2, 0) is 4.79 Å². The van der Waals surface area contributed by atoms with Crippen molar-refractivity contribution >= 4 is 65.9 Å². The van der Waals surface area contributed by atoms with Gasteiger partial charge in [-0.05, 0) is 28.1 Å². The first-order chi connectivity index (χ1) is 12.5. The number of thioether (sulfide) groups is 1. The summed E-state index contributed by atoms with van der Waals surface area (Å²) in [7, 11) is 3.18. The Morgan fingerprint density at radius 1 is 1.27 bits per heavy atom. The number of imide groups is 1. The SMILES string of the molecule is CN1C(=O)C2C(N=C(Br)N2CCSc2nc3ccccc3s2)N(C)C1=O. The number of amides is 3. The maximum Gasteiger partial charge on any atom is 0.328 e. The lowest BCUT2D eigenvalue weighted by atomic mass is 10.1. The Morgan fingerprint density at radius 2 is 2.04 bits per heavy atom. The number of aliphatic imine (C=N–C) groups is 1. The van der Waals surface area contributed by atoms with Gasteiger partial charge in [-0.3, -0.25) is 9.69 Å². The maximum absolute atomic E-state index is 12.6. The Labute approximate surface area is 167 Å². The van der Waals surface area contributed by atoms with Gasteiger partial charge < -0.3 is 9.80 Å². The Hall–Kier alpha value is -1.65. The Morgan fingerprint density at radius 3 is 2.81 bits per heavy atom. The zero-order valence-electron chi connectivity index (χ0n) is 14.1. The van der Waals surface area contributed by atoms with Crippen LogP contribution in [0.15, 0.2) is 33.6 Å². The van der Waals surface area contributed by atoms with E-state index in [1.165, 1.54) is 16.6 Å². The van der Waals surface area contributed by atoms with Gasteiger partial charge in [0.05, 0.1) is 10.2 Å². The Balaban J connectivity index is 1.45. The van der Waals surface area contributed by atoms with Crippen LogP contribution in [0, 0.1) is 0 Å². The fourth-order valence-corrected chi connectivity index (χ4v) is 5.79. The van der Waals surface area contributed by atoms with Gasteiger partial charge in [0.25, 0.3) is 5.91 Å². The van der Waals surface area contributed by atoms with E-state index in [0.29, 0.717) is 11.3 Å². The molecule has 1 fully saturated rings. The van der Waals surface area contributed by atoms with E-state index in [1.807, 2.05) is 23.1 Å². The van der Waals surface area contributed by atoms with Crippen molar-refractivity contribution in [3.05, 3.63) is 24.3 Å². The second kappa shape index (κ2) is 6.82. The first kappa shape index (κ1) is 17.7. The number of urea groups is 1. The number of para-hydroxylation sites is 1. The zero-order chi connectivity index (χ0) is 18.4. The van der Waals surface area contributed by atoms with Gasteiger partial charge in [0.15, 0.2) is 21.3 Å². The molecule has 4 rings (SSSR count). The molecule has 1 saturated heterocycles. The van der Waals surface area contributed by atoms with Gasteiger partial charge in [-0.1, -0.05) is 23.9 Å². The van der Waals surface area contributed by atoms with Gasteiger partial charge >= 0.3 is 6.03 Å². The lowest BCUT2D eigenvalue weighted by Crippen LogP contribution is -2.64. The molecule has 2 aliphatic rings. The average molecular weight is 454 g/mol.